The largest absolute Gasteiger partial charge is 0.466 e. The lowest BCUT2D eigenvalue weighted by molar-refractivity contribution is -0.165. The van der Waals surface area contributed by atoms with Crippen molar-refractivity contribution in [2.45, 2.75) is 40.2 Å². The molecule has 1 saturated carbocycles. The van der Waals surface area contributed by atoms with Crippen molar-refractivity contribution in [2.75, 3.05) is 6.61 Å². The molecule has 1 fully saturated rings. The van der Waals surface area contributed by atoms with Crippen LogP contribution in [0, 0.1) is 17.3 Å². The van der Waals surface area contributed by atoms with E-state index >= 15 is 0 Å². The van der Waals surface area contributed by atoms with Crippen LogP contribution in [0.15, 0.2) is 0 Å². The minimum atomic E-state index is -0.373. The van der Waals surface area contributed by atoms with Crippen LogP contribution in [0.25, 0.3) is 0 Å². The molecule has 3 heteroatoms. The molecule has 0 bridgehead atoms. The normalized spacial score (nSPS) is 31.8. The van der Waals surface area contributed by atoms with Gasteiger partial charge < -0.3 is 9.84 Å². The van der Waals surface area contributed by atoms with Gasteiger partial charge in [-0.15, -0.1) is 0 Å². The topological polar surface area (TPSA) is 46.5 Å². The highest BCUT2D eigenvalue weighted by Crippen LogP contribution is 2.48. The molecule has 0 aromatic rings. The highest BCUT2D eigenvalue weighted by atomic mass is 16.5. The van der Waals surface area contributed by atoms with Gasteiger partial charge in [-0.25, -0.2) is 0 Å². The molecule has 3 nitrogen and oxygen atoms in total. The zero-order valence-electron chi connectivity index (χ0n) is 9.41. The van der Waals surface area contributed by atoms with Gasteiger partial charge >= 0.3 is 5.97 Å². The van der Waals surface area contributed by atoms with E-state index in [1.54, 1.807) is 6.92 Å². The molecule has 0 heterocycles. The molecule has 0 unspecified atom stereocenters. The molecule has 0 radical (unpaired) electrons. The lowest BCUT2D eigenvalue weighted by Gasteiger charge is -2.50. The van der Waals surface area contributed by atoms with E-state index < -0.39 is 0 Å². The number of carbonyl (C=O) groups excluding carboxylic acids is 1. The van der Waals surface area contributed by atoms with Crippen LogP contribution in [0.5, 0.6) is 0 Å². The average Bonchev–Trinajstić information content (AvgIpc) is 2.13. The zero-order chi connectivity index (χ0) is 10.9. The Morgan fingerprint density at radius 1 is 1.64 bits per heavy atom. The number of hydrogen-bond donors (Lipinski definition) is 1. The fraction of sp³-hybridized carbons (Fsp3) is 0.909. The highest BCUT2D eigenvalue weighted by Gasteiger charge is 2.50. The van der Waals surface area contributed by atoms with Crippen LogP contribution >= 0.6 is 0 Å². The number of rotatable bonds is 3. The molecule has 0 spiro atoms. The summed E-state index contributed by atoms with van der Waals surface area (Å²) in [6.45, 7) is 8.08. The van der Waals surface area contributed by atoms with Crippen LogP contribution < -0.4 is 0 Å². The predicted octanol–water partition coefficient (Wildman–Crippen LogP) is 1.59. The Hall–Kier alpha value is -0.570. The average molecular weight is 200 g/mol. The Bertz CT molecular complexity index is 223. The van der Waals surface area contributed by atoms with Crippen LogP contribution in [0.4, 0.5) is 0 Å². The van der Waals surface area contributed by atoms with Crippen molar-refractivity contribution in [1.82, 2.24) is 0 Å². The Labute approximate surface area is 85.5 Å². The van der Waals surface area contributed by atoms with Crippen LogP contribution in [-0.4, -0.2) is 23.8 Å². The molecule has 1 aliphatic carbocycles. The fourth-order valence-electron chi connectivity index (χ4n) is 2.16. The van der Waals surface area contributed by atoms with Crippen molar-refractivity contribution in [3.05, 3.63) is 0 Å². The molecule has 1 N–H and O–H groups in total. The maximum atomic E-state index is 11.4. The van der Waals surface area contributed by atoms with Gasteiger partial charge in [0.05, 0.1) is 18.6 Å². The van der Waals surface area contributed by atoms with Crippen molar-refractivity contribution < 1.29 is 14.6 Å². The second-order valence-corrected chi connectivity index (χ2v) is 4.84. The number of carbonyl (C=O) groups is 1. The monoisotopic (exact) mass is 200 g/mol. The summed E-state index contributed by atoms with van der Waals surface area (Å²) in [7, 11) is 0. The maximum absolute atomic E-state index is 11.4. The summed E-state index contributed by atoms with van der Waals surface area (Å²) in [5, 5.41) is 9.82. The first-order chi connectivity index (χ1) is 6.40. The first-order valence-electron chi connectivity index (χ1n) is 5.25. The van der Waals surface area contributed by atoms with Gasteiger partial charge in [0.2, 0.25) is 0 Å². The number of ether oxygens (including phenoxy) is 1. The summed E-state index contributed by atoms with van der Waals surface area (Å²) < 4.78 is 4.93. The SMILES string of the molecule is CCOC(=O)[C@@H](C)[C@H]1CC(C)(C)[C@@H]1O. The number of aliphatic hydroxyl groups excluding tert-OH is 1. The second kappa shape index (κ2) is 3.89. The van der Waals surface area contributed by atoms with E-state index in [0.717, 1.165) is 6.42 Å². The van der Waals surface area contributed by atoms with E-state index in [1.165, 1.54) is 0 Å². The van der Waals surface area contributed by atoms with Gasteiger partial charge in [0.1, 0.15) is 0 Å². The van der Waals surface area contributed by atoms with Crippen molar-refractivity contribution in [1.29, 1.82) is 0 Å². The number of hydrogen-bond acceptors (Lipinski definition) is 3. The third-order valence-electron chi connectivity index (χ3n) is 3.27. The van der Waals surface area contributed by atoms with Gasteiger partial charge in [-0.05, 0) is 24.7 Å². The first-order valence-corrected chi connectivity index (χ1v) is 5.25. The molecule has 0 aromatic carbocycles. The predicted molar refractivity (Wildman–Crippen MR) is 53.7 cm³/mol. The van der Waals surface area contributed by atoms with E-state index in [1.807, 2.05) is 20.8 Å². The van der Waals surface area contributed by atoms with Crippen LogP contribution in [0.1, 0.15) is 34.1 Å². The Morgan fingerprint density at radius 3 is 2.57 bits per heavy atom. The maximum Gasteiger partial charge on any atom is 0.309 e. The zero-order valence-corrected chi connectivity index (χ0v) is 9.41. The van der Waals surface area contributed by atoms with Crippen molar-refractivity contribution in [3.8, 4) is 0 Å². The molecule has 3 atom stereocenters. The van der Waals surface area contributed by atoms with Gasteiger partial charge in [0, 0.05) is 0 Å². The quantitative estimate of drug-likeness (QED) is 0.704. The molecule has 0 saturated heterocycles. The molecule has 82 valence electrons. The van der Waals surface area contributed by atoms with Crippen LogP contribution in [-0.2, 0) is 9.53 Å². The van der Waals surface area contributed by atoms with E-state index in [2.05, 4.69) is 0 Å². The molecule has 1 aliphatic rings. The summed E-state index contributed by atoms with van der Waals surface area (Å²) in [4.78, 5) is 11.4. The van der Waals surface area contributed by atoms with Crippen LogP contribution in [0.3, 0.4) is 0 Å². The smallest absolute Gasteiger partial charge is 0.309 e. The Balaban J connectivity index is 2.48. The minimum absolute atomic E-state index is 0.0363. The van der Waals surface area contributed by atoms with Crippen LogP contribution in [0.2, 0.25) is 0 Å². The van der Waals surface area contributed by atoms with E-state index in [-0.39, 0.29) is 29.3 Å². The van der Waals surface area contributed by atoms with E-state index in [9.17, 15) is 9.90 Å². The van der Waals surface area contributed by atoms with Crippen molar-refractivity contribution in [3.63, 3.8) is 0 Å². The van der Waals surface area contributed by atoms with Crippen molar-refractivity contribution in [2.24, 2.45) is 17.3 Å². The molecule has 0 aliphatic heterocycles. The molecular weight excluding hydrogens is 180 g/mol. The van der Waals surface area contributed by atoms with Gasteiger partial charge in [-0.3, -0.25) is 4.79 Å². The summed E-state index contributed by atoms with van der Waals surface area (Å²) in [5.41, 5.74) is -0.0363. The minimum Gasteiger partial charge on any atom is -0.466 e. The Kier molecular flexibility index (Phi) is 3.20. The Morgan fingerprint density at radius 2 is 2.21 bits per heavy atom. The summed E-state index contributed by atoms with van der Waals surface area (Å²) in [6, 6.07) is 0. The van der Waals surface area contributed by atoms with E-state index in [4.69, 9.17) is 4.74 Å². The summed E-state index contributed by atoms with van der Waals surface area (Å²) >= 11 is 0. The number of aliphatic hydroxyl groups is 1. The van der Waals surface area contributed by atoms with E-state index in [0.29, 0.717) is 6.61 Å². The second-order valence-electron chi connectivity index (χ2n) is 4.84. The fourth-order valence-corrected chi connectivity index (χ4v) is 2.16. The number of esters is 1. The van der Waals surface area contributed by atoms with Gasteiger partial charge in [-0.2, -0.15) is 0 Å². The first kappa shape index (κ1) is 11.5. The standard InChI is InChI=1S/C11H20O3/c1-5-14-10(13)7(2)8-6-11(3,4)9(8)12/h7-9,12H,5-6H2,1-4H3/t7-,8+,9+/m0/s1. The lowest BCUT2D eigenvalue weighted by Crippen LogP contribution is -2.52. The molecule has 1 rings (SSSR count). The summed E-state index contributed by atoms with van der Waals surface area (Å²) in [6.07, 6.45) is 0.524. The highest BCUT2D eigenvalue weighted by molar-refractivity contribution is 5.72. The van der Waals surface area contributed by atoms with Crippen molar-refractivity contribution >= 4 is 5.97 Å². The van der Waals surface area contributed by atoms with Gasteiger partial charge in [-0.1, -0.05) is 20.8 Å². The molecule has 0 aromatic heterocycles. The molecule has 0 amide bonds. The van der Waals surface area contributed by atoms with Gasteiger partial charge in [0.15, 0.2) is 0 Å². The summed E-state index contributed by atoms with van der Waals surface area (Å²) in [5.74, 6) is -0.297. The molecular formula is C11H20O3. The molecule has 14 heavy (non-hydrogen) atoms. The van der Waals surface area contributed by atoms with Gasteiger partial charge in [0.25, 0.3) is 0 Å². The third kappa shape index (κ3) is 1.92. The third-order valence-corrected chi connectivity index (χ3v) is 3.27. The lowest BCUT2D eigenvalue weighted by atomic mass is 9.58.